The number of carbonyl (C=O) groups is 3. The largest absolute Gasteiger partial charge is 0.350 e. The third-order valence-electron chi connectivity index (χ3n) is 5.53. The molecule has 1 heterocycles. The highest BCUT2D eigenvalue weighted by Crippen LogP contribution is 2.35. The predicted molar refractivity (Wildman–Crippen MR) is 126 cm³/mol. The fourth-order valence-electron chi connectivity index (χ4n) is 3.86. The van der Waals surface area contributed by atoms with Crippen molar-refractivity contribution < 1.29 is 14.4 Å². The maximum absolute atomic E-state index is 12.9. The van der Waals surface area contributed by atoms with Crippen molar-refractivity contribution >= 4 is 63.9 Å². The molecule has 6 nitrogen and oxygen atoms in total. The number of halogens is 3. The third-order valence-corrected chi connectivity index (χ3v) is 6.42. The predicted octanol–water partition coefficient (Wildman–Crippen LogP) is 5.49. The van der Waals surface area contributed by atoms with E-state index in [9.17, 15) is 14.4 Å². The van der Waals surface area contributed by atoms with E-state index in [4.69, 9.17) is 34.8 Å². The summed E-state index contributed by atoms with van der Waals surface area (Å²) in [6.07, 6.45) is 5.49. The van der Waals surface area contributed by atoms with Crippen LogP contribution in [0.5, 0.6) is 0 Å². The van der Waals surface area contributed by atoms with E-state index in [-0.39, 0.29) is 33.4 Å². The number of amides is 3. The molecule has 0 radical (unpaired) electrons. The van der Waals surface area contributed by atoms with Crippen molar-refractivity contribution in [3.05, 3.63) is 68.8 Å². The van der Waals surface area contributed by atoms with Crippen molar-refractivity contribution in [3.63, 3.8) is 0 Å². The lowest BCUT2D eigenvalue weighted by Gasteiger charge is -2.22. The van der Waals surface area contributed by atoms with Crippen molar-refractivity contribution in [3.8, 4) is 0 Å². The molecule has 1 fully saturated rings. The molecule has 0 atom stereocenters. The van der Waals surface area contributed by atoms with Crippen molar-refractivity contribution in [2.45, 2.75) is 38.1 Å². The Balaban J connectivity index is 1.47. The molecule has 0 spiro atoms. The topological polar surface area (TPSA) is 78.5 Å². The Hall–Kier alpha value is -2.54. The average molecular weight is 493 g/mol. The average Bonchev–Trinajstić information content (AvgIpc) is 2.98. The second kappa shape index (κ2) is 9.53. The van der Waals surface area contributed by atoms with E-state index in [1.807, 2.05) is 0 Å². The van der Waals surface area contributed by atoms with Gasteiger partial charge in [0.05, 0.1) is 10.7 Å². The van der Waals surface area contributed by atoms with Gasteiger partial charge in [0.15, 0.2) is 0 Å². The molecule has 2 aliphatic rings. The minimum atomic E-state index is -0.688. The molecule has 2 aromatic carbocycles. The van der Waals surface area contributed by atoms with Crippen LogP contribution in [0.4, 0.5) is 11.4 Å². The molecule has 1 aliphatic heterocycles. The molecule has 2 N–H and O–H groups in total. The molecule has 0 bridgehead atoms. The maximum Gasteiger partial charge on any atom is 0.283 e. The van der Waals surface area contributed by atoms with Gasteiger partial charge in [-0.3, -0.25) is 14.4 Å². The van der Waals surface area contributed by atoms with Gasteiger partial charge in [-0.25, -0.2) is 4.90 Å². The highest BCUT2D eigenvalue weighted by molar-refractivity contribution is 6.53. The first kappa shape index (κ1) is 22.6. The van der Waals surface area contributed by atoms with Gasteiger partial charge in [-0.2, -0.15) is 0 Å². The molecular weight excluding hydrogens is 473 g/mol. The number of nitrogens with one attached hydrogen (secondary N) is 2. The van der Waals surface area contributed by atoms with Gasteiger partial charge in [0.25, 0.3) is 17.7 Å². The van der Waals surface area contributed by atoms with Crippen LogP contribution in [-0.4, -0.2) is 23.8 Å². The highest BCUT2D eigenvalue weighted by atomic mass is 35.5. The summed E-state index contributed by atoms with van der Waals surface area (Å²) in [4.78, 5) is 38.9. The summed E-state index contributed by atoms with van der Waals surface area (Å²) in [5.74, 6) is -1.45. The summed E-state index contributed by atoms with van der Waals surface area (Å²) in [5, 5.41) is 6.23. The van der Waals surface area contributed by atoms with Crippen LogP contribution in [0.3, 0.4) is 0 Å². The number of nitrogens with zero attached hydrogens (tertiary/aromatic N) is 1. The Labute approximate surface area is 200 Å². The first-order chi connectivity index (χ1) is 15.3. The van der Waals surface area contributed by atoms with Crippen molar-refractivity contribution in [2.24, 2.45) is 0 Å². The molecule has 0 saturated heterocycles. The molecule has 4 rings (SSSR count). The number of carbonyl (C=O) groups excluding carboxylic acids is 3. The van der Waals surface area contributed by atoms with E-state index < -0.39 is 11.8 Å². The smallest absolute Gasteiger partial charge is 0.283 e. The fourth-order valence-corrected chi connectivity index (χ4v) is 4.56. The van der Waals surface area contributed by atoms with Crippen LogP contribution in [-0.2, 0) is 9.59 Å². The number of rotatable bonds is 5. The van der Waals surface area contributed by atoms with Gasteiger partial charge >= 0.3 is 0 Å². The van der Waals surface area contributed by atoms with E-state index in [0.717, 1.165) is 30.6 Å². The molecular formula is C23H20Cl3N3O3. The van der Waals surface area contributed by atoms with Crippen molar-refractivity contribution in [2.75, 3.05) is 10.2 Å². The molecule has 1 saturated carbocycles. The Bertz CT molecular complexity index is 1110. The fraction of sp³-hybridized carbons (Fsp3) is 0.261. The van der Waals surface area contributed by atoms with Gasteiger partial charge in [-0.1, -0.05) is 54.1 Å². The second-order valence-corrected chi connectivity index (χ2v) is 8.96. The van der Waals surface area contributed by atoms with Crippen molar-refractivity contribution in [1.82, 2.24) is 5.32 Å². The molecule has 166 valence electrons. The van der Waals surface area contributed by atoms with Crippen LogP contribution >= 0.6 is 34.8 Å². The molecule has 2 aromatic rings. The number of benzene rings is 2. The number of hydrogen-bond donors (Lipinski definition) is 2. The zero-order valence-electron chi connectivity index (χ0n) is 17.0. The highest BCUT2D eigenvalue weighted by Gasteiger charge is 2.39. The monoisotopic (exact) mass is 491 g/mol. The van der Waals surface area contributed by atoms with Crippen LogP contribution < -0.4 is 15.5 Å². The molecule has 3 amide bonds. The quantitative estimate of drug-likeness (QED) is 0.541. The minimum absolute atomic E-state index is 0.0675. The normalized spacial score (nSPS) is 17.2. The minimum Gasteiger partial charge on any atom is -0.350 e. The summed E-state index contributed by atoms with van der Waals surface area (Å²) in [7, 11) is 0. The first-order valence-corrected chi connectivity index (χ1v) is 11.4. The zero-order valence-corrected chi connectivity index (χ0v) is 19.2. The lowest BCUT2D eigenvalue weighted by Crippen LogP contribution is -2.36. The zero-order chi connectivity index (χ0) is 22.8. The van der Waals surface area contributed by atoms with Crippen LogP contribution in [0.2, 0.25) is 10.0 Å². The third kappa shape index (κ3) is 4.63. The summed E-state index contributed by atoms with van der Waals surface area (Å²) < 4.78 is 0. The summed E-state index contributed by atoms with van der Waals surface area (Å²) >= 11 is 18.2. The van der Waals surface area contributed by atoms with Crippen LogP contribution in [0.25, 0.3) is 0 Å². The van der Waals surface area contributed by atoms with Crippen LogP contribution in [0.1, 0.15) is 42.5 Å². The van der Waals surface area contributed by atoms with E-state index in [1.54, 1.807) is 24.3 Å². The van der Waals surface area contributed by atoms with E-state index in [1.165, 1.54) is 24.6 Å². The molecule has 0 aromatic heterocycles. The maximum atomic E-state index is 12.9. The van der Waals surface area contributed by atoms with Crippen LogP contribution in [0.15, 0.2) is 53.2 Å². The SMILES string of the molecule is O=C(NC1CCCCC1)c1ccc(NC2=C(Cl)C(=O)N(c3ccc(Cl)cc3Cl)C2=O)cc1. The van der Waals surface area contributed by atoms with E-state index in [0.29, 0.717) is 16.3 Å². The van der Waals surface area contributed by atoms with Gasteiger partial charge in [0.2, 0.25) is 0 Å². The Morgan fingerprint density at radius 3 is 2.25 bits per heavy atom. The Morgan fingerprint density at radius 1 is 0.906 bits per heavy atom. The first-order valence-electron chi connectivity index (χ1n) is 10.3. The summed E-state index contributed by atoms with van der Waals surface area (Å²) in [6, 6.07) is 11.3. The Morgan fingerprint density at radius 2 is 1.59 bits per heavy atom. The second-order valence-electron chi connectivity index (χ2n) is 7.74. The Kier molecular flexibility index (Phi) is 6.74. The number of imide groups is 1. The van der Waals surface area contributed by atoms with E-state index >= 15 is 0 Å². The van der Waals surface area contributed by atoms with Gasteiger partial charge in [-0.15, -0.1) is 0 Å². The molecule has 1 aliphatic carbocycles. The van der Waals surface area contributed by atoms with Gasteiger partial charge in [-0.05, 0) is 55.3 Å². The van der Waals surface area contributed by atoms with Crippen LogP contribution in [0, 0.1) is 0 Å². The molecule has 32 heavy (non-hydrogen) atoms. The summed E-state index contributed by atoms with van der Waals surface area (Å²) in [6.45, 7) is 0. The van der Waals surface area contributed by atoms with Gasteiger partial charge in [0.1, 0.15) is 10.7 Å². The number of anilines is 2. The molecule has 9 heteroatoms. The van der Waals surface area contributed by atoms with Gasteiger partial charge < -0.3 is 10.6 Å². The summed E-state index contributed by atoms with van der Waals surface area (Å²) in [5.41, 5.74) is 1.15. The molecule has 0 unspecified atom stereocenters. The van der Waals surface area contributed by atoms with Gasteiger partial charge in [0, 0.05) is 22.3 Å². The van der Waals surface area contributed by atoms with E-state index in [2.05, 4.69) is 10.6 Å². The lowest BCUT2D eigenvalue weighted by molar-refractivity contribution is -0.120. The lowest BCUT2D eigenvalue weighted by atomic mass is 9.95. The standard InChI is InChI=1S/C23H20Cl3N3O3/c24-14-8-11-18(17(25)12-14)29-22(31)19(26)20(23(29)32)27-16-9-6-13(7-10-16)21(30)28-15-4-2-1-3-5-15/h6-12,15,27H,1-5H2,(H,28,30). The number of hydrogen-bond acceptors (Lipinski definition) is 4. The van der Waals surface area contributed by atoms with Crippen molar-refractivity contribution in [1.29, 1.82) is 0 Å².